The maximum absolute atomic E-state index is 14.1. The van der Waals surface area contributed by atoms with Gasteiger partial charge in [-0.05, 0) is 47.1 Å². The summed E-state index contributed by atoms with van der Waals surface area (Å²) in [7, 11) is -1.17. The number of nitrogens with zero attached hydrogens (tertiary/aromatic N) is 4. The van der Waals surface area contributed by atoms with Gasteiger partial charge in [0.05, 0.1) is 6.20 Å². The number of hydrogen-bond donors (Lipinski definition) is 1. The van der Waals surface area contributed by atoms with Crippen LogP contribution in [0, 0.1) is 5.82 Å². The highest BCUT2D eigenvalue weighted by atomic mass is 79.9. The van der Waals surface area contributed by atoms with Gasteiger partial charge >= 0.3 is 0 Å². The summed E-state index contributed by atoms with van der Waals surface area (Å²) in [5.74, 6) is 0.638. The molecule has 0 aliphatic rings. The summed E-state index contributed by atoms with van der Waals surface area (Å²) in [5, 5.41) is 0. The molecule has 0 fully saturated rings. The average Bonchev–Trinajstić information content (AvgIpc) is 3.15. The lowest BCUT2D eigenvalue weighted by atomic mass is 10.0. The Hall–Kier alpha value is -2.30. The lowest BCUT2D eigenvalue weighted by Gasteiger charge is -2.19. The standard InChI is InChI=1S/C21H27BrFN5O2Si/c1-14(30-21-19(24)26-12-18(22)27-21)17-11-15(23)5-6-16(17)20-25-7-8-28(20)13-29-9-10-31(2,3)4/h5-8,11-12,14H,9-10,13H2,1-4H3,(H2,24,26)/t14-/m1/s1. The predicted octanol–water partition coefficient (Wildman–Crippen LogP) is 5.28. The Morgan fingerprint density at radius 2 is 2.03 bits per heavy atom. The van der Waals surface area contributed by atoms with E-state index in [2.05, 4.69) is 50.5 Å². The zero-order valence-corrected chi connectivity index (χ0v) is 20.7. The van der Waals surface area contributed by atoms with Crippen LogP contribution in [0.25, 0.3) is 11.4 Å². The Balaban J connectivity index is 1.84. The molecule has 0 saturated carbocycles. The fourth-order valence-electron chi connectivity index (χ4n) is 2.95. The molecule has 0 bridgehead atoms. The third-order valence-electron chi connectivity index (χ3n) is 4.66. The van der Waals surface area contributed by atoms with Gasteiger partial charge in [0.25, 0.3) is 5.88 Å². The number of nitrogens with two attached hydrogens (primary N) is 1. The average molecular weight is 508 g/mol. The number of aromatic nitrogens is 4. The molecule has 10 heteroatoms. The molecule has 0 aliphatic heterocycles. The quantitative estimate of drug-likeness (QED) is 0.313. The zero-order valence-electron chi connectivity index (χ0n) is 18.1. The van der Waals surface area contributed by atoms with Crippen LogP contribution in [0.15, 0.2) is 41.4 Å². The lowest BCUT2D eigenvalue weighted by Crippen LogP contribution is -2.22. The first-order valence-corrected chi connectivity index (χ1v) is 14.5. The van der Waals surface area contributed by atoms with Crippen molar-refractivity contribution < 1.29 is 13.9 Å². The maximum Gasteiger partial charge on any atom is 0.258 e. The topological polar surface area (TPSA) is 88.1 Å². The van der Waals surface area contributed by atoms with Crippen molar-refractivity contribution in [3.05, 3.63) is 52.8 Å². The van der Waals surface area contributed by atoms with Crippen molar-refractivity contribution in [3.8, 4) is 17.3 Å². The van der Waals surface area contributed by atoms with Gasteiger partial charge in [-0.1, -0.05) is 19.6 Å². The van der Waals surface area contributed by atoms with Crippen LogP contribution in [-0.2, 0) is 11.5 Å². The molecule has 0 amide bonds. The van der Waals surface area contributed by atoms with Gasteiger partial charge in [-0.25, -0.2) is 19.3 Å². The van der Waals surface area contributed by atoms with E-state index < -0.39 is 14.2 Å². The SMILES string of the molecule is C[C@@H](Oc1nc(Br)cnc1N)c1cc(F)ccc1-c1nccn1COCC[Si](C)(C)C. The van der Waals surface area contributed by atoms with Crippen molar-refractivity contribution in [1.29, 1.82) is 0 Å². The Kier molecular flexibility index (Phi) is 7.45. The number of ether oxygens (including phenoxy) is 2. The fourth-order valence-corrected chi connectivity index (χ4v) is 3.97. The third kappa shape index (κ3) is 6.34. The molecule has 0 spiro atoms. The van der Waals surface area contributed by atoms with Crippen molar-refractivity contribution in [2.45, 2.75) is 45.4 Å². The van der Waals surface area contributed by atoms with Gasteiger partial charge in [0.1, 0.15) is 29.1 Å². The lowest BCUT2D eigenvalue weighted by molar-refractivity contribution is 0.0882. The summed E-state index contributed by atoms with van der Waals surface area (Å²) in [6.45, 7) is 9.81. The normalized spacial score (nSPS) is 12.7. The fraction of sp³-hybridized carbons (Fsp3) is 0.381. The molecule has 1 atom stereocenters. The Labute approximate surface area is 191 Å². The van der Waals surface area contributed by atoms with E-state index in [0.717, 1.165) is 11.6 Å². The van der Waals surface area contributed by atoms with Crippen LogP contribution in [0.4, 0.5) is 10.2 Å². The molecule has 1 aromatic carbocycles. The molecule has 0 unspecified atom stereocenters. The van der Waals surface area contributed by atoms with Crippen LogP contribution in [0.2, 0.25) is 25.7 Å². The minimum atomic E-state index is -1.17. The van der Waals surface area contributed by atoms with Gasteiger partial charge in [0.15, 0.2) is 5.82 Å². The number of halogens is 2. The van der Waals surface area contributed by atoms with Crippen LogP contribution in [-0.4, -0.2) is 34.2 Å². The molecule has 2 aromatic heterocycles. The number of benzene rings is 1. The van der Waals surface area contributed by atoms with E-state index in [4.69, 9.17) is 15.2 Å². The van der Waals surface area contributed by atoms with E-state index in [1.807, 2.05) is 10.8 Å². The molecule has 3 rings (SSSR count). The summed E-state index contributed by atoms with van der Waals surface area (Å²) in [6, 6.07) is 5.62. The monoisotopic (exact) mass is 507 g/mol. The van der Waals surface area contributed by atoms with Gasteiger partial charge in [-0.3, -0.25) is 0 Å². The molecule has 0 aliphatic carbocycles. The van der Waals surface area contributed by atoms with Gasteiger partial charge in [-0.2, -0.15) is 0 Å². The van der Waals surface area contributed by atoms with Crippen LogP contribution >= 0.6 is 15.9 Å². The van der Waals surface area contributed by atoms with E-state index in [9.17, 15) is 4.39 Å². The Morgan fingerprint density at radius 1 is 1.26 bits per heavy atom. The van der Waals surface area contributed by atoms with Crippen molar-refractivity contribution in [2.75, 3.05) is 12.3 Å². The van der Waals surface area contributed by atoms with Gasteiger partial charge in [0, 0.05) is 38.2 Å². The van der Waals surface area contributed by atoms with Crippen LogP contribution in [0.3, 0.4) is 0 Å². The first kappa shape index (κ1) is 23.4. The van der Waals surface area contributed by atoms with Gasteiger partial charge in [-0.15, -0.1) is 0 Å². The molecule has 166 valence electrons. The maximum atomic E-state index is 14.1. The van der Waals surface area contributed by atoms with E-state index in [1.54, 1.807) is 19.2 Å². The number of rotatable bonds is 9. The van der Waals surface area contributed by atoms with E-state index >= 15 is 0 Å². The minimum absolute atomic E-state index is 0.158. The largest absolute Gasteiger partial charge is 0.467 e. The molecular formula is C21H27BrFN5O2Si. The highest BCUT2D eigenvalue weighted by Gasteiger charge is 2.20. The summed E-state index contributed by atoms with van der Waals surface area (Å²) in [6.07, 6.45) is 4.49. The molecular weight excluding hydrogens is 481 g/mol. The van der Waals surface area contributed by atoms with Crippen molar-refractivity contribution in [3.63, 3.8) is 0 Å². The molecule has 31 heavy (non-hydrogen) atoms. The van der Waals surface area contributed by atoms with Crippen LogP contribution < -0.4 is 10.5 Å². The first-order chi connectivity index (χ1) is 14.6. The minimum Gasteiger partial charge on any atom is -0.467 e. The van der Waals surface area contributed by atoms with Crippen LogP contribution in [0.5, 0.6) is 5.88 Å². The number of nitrogen functional groups attached to an aromatic ring is 1. The Bertz CT molecular complexity index is 1040. The third-order valence-corrected chi connectivity index (χ3v) is 6.75. The summed E-state index contributed by atoms with van der Waals surface area (Å²) < 4.78 is 28.3. The Morgan fingerprint density at radius 3 is 2.77 bits per heavy atom. The number of hydrogen-bond acceptors (Lipinski definition) is 6. The molecule has 3 aromatic rings. The first-order valence-electron chi connectivity index (χ1n) is 9.97. The smallest absolute Gasteiger partial charge is 0.258 e. The second kappa shape index (κ2) is 9.88. The van der Waals surface area contributed by atoms with Gasteiger partial charge < -0.3 is 19.8 Å². The van der Waals surface area contributed by atoms with E-state index in [0.29, 0.717) is 29.3 Å². The molecule has 7 nitrogen and oxygen atoms in total. The van der Waals surface area contributed by atoms with Crippen molar-refractivity contribution in [2.24, 2.45) is 0 Å². The summed E-state index contributed by atoms with van der Waals surface area (Å²) in [4.78, 5) is 12.7. The van der Waals surface area contributed by atoms with Crippen molar-refractivity contribution in [1.82, 2.24) is 19.5 Å². The predicted molar refractivity (Wildman–Crippen MR) is 125 cm³/mol. The molecule has 2 N–H and O–H groups in total. The number of imidazole rings is 1. The second-order valence-corrected chi connectivity index (χ2v) is 14.9. The highest BCUT2D eigenvalue weighted by Crippen LogP contribution is 2.32. The van der Waals surface area contributed by atoms with Crippen molar-refractivity contribution >= 4 is 29.8 Å². The van der Waals surface area contributed by atoms with E-state index in [1.165, 1.54) is 18.3 Å². The summed E-state index contributed by atoms with van der Waals surface area (Å²) in [5.41, 5.74) is 7.24. The van der Waals surface area contributed by atoms with E-state index in [-0.39, 0.29) is 17.5 Å². The zero-order chi connectivity index (χ0) is 22.6. The molecule has 0 saturated heterocycles. The molecule has 2 heterocycles. The highest BCUT2D eigenvalue weighted by molar-refractivity contribution is 9.10. The molecule has 0 radical (unpaired) electrons. The number of anilines is 1. The second-order valence-electron chi connectivity index (χ2n) is 8.44. The van der Waals surface area contributed by atoms with Crippen LogP contribution in [0.1, 0.15) is 18.6 Å². The summed E-state index contributed by atoms with van der Waals surface area (Å²) >= 11 is 3.26. The van der Waals surface area contributed by atoms with Gasteiger partial charge in [0.2, 0.25) is 0 Å².